The molecule has 4 rings (SSSR count). The van der Waals surface area contributed by atoms with Crippen LogP contribution in [0, 0.1) is 12.7 Å². The van der Waals surface area contributed by atoms with Gasteiger partial charge >= 0.3 is 11.9 Å². The van der Waals surface area contributed by atoms with Gasteiger partial charge < -0.3 is 34.6 Å². The molecule has 4 N–H and O–H groups in total. The van der Waals surface area contributed by atoms with Crippen LogP contribution < -0.4 is 4.74 Å². The van der Waals surface area contributed by atoms with Gasteiger partial charge in [-0.05, 0) is 68.2 Å². The third-order valence-corrected chi connectivity index (χ3v) is 6.54. The number of benzene rings is 2. The van der Waals surface area contributed by atoms with E-state index in [0.717, 1.165) is 40.9 Å². The third-order valence-electron chi connectivity index (χ3n) is 6.54. The first kappa shape index (κ1) is 31.0. The number of aromatic nitrogens is 2. The van der Waals surface area contributed by atoms with Crippen molar-refractivity contribution in [2.24, 2.45) is 0 Å². The molecule has 1 aromatic heterocycles. The van der Waals surface area contributed by atoms with Crippen LogP contribution in [0.4, 0.5) is 4.39 Å². The number of piperidine rings is 1. The van der Waals surface area contributed by atoms with Crippen molar-refractivity contribution in [2.75, 3.05) is 13.7 Å². The van der Waals surface area contributed by atoms with E-state index in [1.54, 1.807) is 25.6 Å². The molecule has 12 heteroatoms. The van der Waals surface area contributed by atoms with Crippen LogP contribution in [-0.2, 0) is 14.4 Å². The number of carbonyl (C=O) groups is 3. The zero-order valence-electron chi connectivity index (χ0n) is 22.8. The van der Waals surface area contributed by atoms with Crippen molar-refractivity contribution >= 4 is 23.9 Å². The highest BCUT2D eigenvalue weighted by Gasteiger charge is 2.29. The SMILES string of the molecule is COc1cc(/C=C2\CCCN([C@@H](C)c3ccc(F)cc3)C2=O)ccc1-n1cnc(C)c1.O=C(O)C(O)C(O)C(=O)O. The minimum atomic E-state index is -2.27. The van der Waals surface area contributed by atoms with Crippen LogP contribution in [0.2, 0.25) is 0 Å². The summed E-state index contributed by atoms with van der Waals surface area (Å²) in [5.74, 6) is -3.07. The van der Waals surface area contributed by atoms with Crippen LogP contribution >= 0.6 is 0 Å². The van der Waals surface area contributed by atoms with E-state index in [1.165, 1.54) is 12.1 Å². The van der Waals surface area contributed by atoms with Gasteiger partial charge in [0.1, 0.15) is 11.6 Å². The third kappa shape index (κ3) is 7.77. The van der Waals surface area contributed by atoms with E-state index in [-0.39, 0.29) is 17.8 Å². The Kier molecular flexibility index (Phi) is 10.3. The number of aryl methyl sites for hydroxylation is 1. The number of aliphatic hydroxyl groups is 2. The van der Waals surface area contributed by atoms with Gasteiger partial charge in [-0.3, -0.25) is 4.79 Å². The van der Waals surface area contributed by atoms with Crippen LogP contribution in [0.15, 0.2) is 60.6 Å². The van der Waals surface area contributed by atoms with Crippen LogP contribution in [0.25, 0.3) is 11.8 Å². The largest absolute Gasteiger partial charge is 0.495 e. The summed E-state index contributed by atoms with van der Waals surface area (Å²) in [4.78, 5) is 38.9. The number of aliphatic carboxylic acids is 2. The summed E-state index contributed by atoms with van der Waals surface area (Å²) in [6.07, 6.45) is 2.73. The van der Waals surface area contributed by atoms with Gasteiger partial charge in [0, 0.05) is 18.3 Å². The molecule has 1 aliphatic rings. The van der Waals surface area contributed by atoms with Gasteiger partial charge in [-0.15, -0.1) is 0 Å². The number of methoxy groups -OCH3 is 1. The van der Waals surface area contributed by atoms with Gasteiger partial charge in [-0.25, -0.2) is 19.0 Å². The second-order valence-corrected chi connectivity index (χ2v) is 9.42. The lowest BCUT2D eigenvalue weighted by molar-refractivity contribution is -0.165. The number of imidazole rings is 1. The fraction of sp³-hybridized carbons (Fsp3) is 0.310. The first-order valence-corrected chi connectivity index (χ1v) is 12.7. The number of amides is 1. The molecule has 0 saturated carbocycles. The highest BCUT2D eigenvalue weighted by atomic mass is 19.1. The topological polar surface area (TPSA) is 162 Å². The van der Waals surface area contributed by atoms with Gasteiger partial charge in [0.05, 0.1) is 30.9 Å². The Morgan fingerprint density at radius 1 is 1.07 bits per heavy atom. The Bertz CT molecular complexity index is 1400. The van der Waals surface area contributed by atoms with E-state index < -0.39 is 24.1 Å². The summed E-state index contributed by atoms with van der Waals surface area (Å²) < 4.78 is 20.8. The zero-order valence-corrected chi connectivity index (χ0v) is 22.8. The number of carboxylic acid groups (broad SMARTS) is 2. The number of halogens is 1. The molecule has 1 aliphatic heterocycles. The molecule has 2 aromatic carbocycles. The maximum atomic E-state index is 13.3. The molecule has 11 nitrogen and oxygen atoms in total. The molecule has 41 heavy (non-hydrogen) atoms. The number of ether oxygens (including phenoxy) is 1. The zero-order chi connectivity index (χ0) is 30.3. The molecule has 3 atom stereocenters. The van der Waals surface area contributed by atoms with E-state index in [0.29, 0.717) is 12.3 Å². The Morgan fingerprint density at radius 2 is 1.71 bits per heavy atom. The number of rotatable bonds is 8. The van der Waals surface area contributed by atoms with Crippen molar-refractivity contribution in [3.05, 3.63) is 83.2 Å². The number of likely N-dealkylation sites (tertiary alicyclic amines) is 1. The monoisotopic (exact) mass is 569 g/mol. The molecule has 1 amide bonds. The Morgan fingerprint density at radius 3 is 2.24 bits per heavy atom. The Balaban J connectivity index is 0.000000397. The van der Waals surface area contributed by atoms with Gasteiger partial charge in [-0.2, -0.15) is 0 Å². The molecular formula is C29H32FN3O8. The lowest BCUT2D eigenvalue weighted by Crippen LogP contribution is -2.39. The van der Waals surface area contributed by atoms with E-state index in [4.69, 9.17) is 25.2 Å². The van der Waals surface area contributed by atoms with Crippen molar-refractivity contribution in [1.29, 1.82) is 0 Å². The maximum Gasteiger partial charge on any atom is 0.335 e. The molecule has 218 valence electrons. The quantitative estimate of drug-likeness (QED) is 0.299. The normalized spacial score (nSPS) is 16.4. The van der Waals surface area contributed by atoms with E-state index in [9.17, 15) is 18.8 Å². The van der Waals surface area contributed by atoms with E-state index in [2.05, 4.69) is 4.98 Å². The van der Waals surface area contributed by atoms with E-state index in [1.807, 2.05) is 53.8 Å². The highest BCUT2D eigenvalue weighted by Crippen LogP contribution is 2.30. The highest BCUT2D eigenvalue weighted by molar-refractivity contribution is 5.98. The number of hydrogen-bond donors (Lipinski definition) is 4. The molecule has 1 saturated heterocycles. The van der Waals surface area contributed by atoms with Gasteiger partial charge in [0.2, 0.25) is 5.91 Å². The second-order valence-electron chi connectivity index (χ2n) is 9.42. The van der Waals surface area contributed by atoms with Crippen molar-refractivity contribution in [3.63, 3.8) is 0 Å². The molecule has 0 spiro atoms. The predicted octanol–water partition coefficient (Wildman–Crippen LogP) is 2.97. The standard InChI is InChI=1S/C25H26FN3O2.C4H6O6/c1-17-15-28(16-27-17)23-11-6-19(14-24(23)31-3)13-21-5-4-12-29(25(21)30)18(2)20-7-9-22(26)10-8-20;5-1(3(7)8)2(6)4(9)10/h6-11,13-16,18H,4-5,12H2,1-3H3;1-2,5-6H,(H,7,8)(H,9,10)/b21-13+;/t18-;/m0./s1. The van der Waals surface area contributed by atoms with Gasteiger partial charge in [0.15, 0.2) is 12.2 Å². The molecule has 1 fully saturated rings. The summed E-state index contributed by atoms with van der Waals surface area (Å²) >= 11 is 0. The number of aliphatic hydroxyl groups excluding tert-OH is 2. The fourth-order valence-electron chi connectivity index (χ4n) is 4.28. The fourth-order valence-corrected chi connectivity index (χ4v) is 4.28. The smallest absolute Gasteiger partial charge is 0.335 e. The molecule has 0 radical (unpaired) electrons. The summed E-state index contributed by atoms with van der Waals surface area (Å²) in [5, 5.41) is 32.5. The Hall–Kier alpha value is -4.55. The van der Waals surface area contributed by atoms with E-state index >= 15 is 0 Å². The maximum absolute atomic E-state index is 13.3. The number of carboxylic acids is 2. The molecular weight excluding hydrogens is 537 g/mol. The van der Waals surface area contributed by atoms with Crippen LogP contribution in [0.1, 0.15) is 42.6 Å². The molecule has 0 bridgehead atoms. The summed E-state index contributed by atoms with van der Waals surface area (Å²) in [7, 11) is 1.64. The van der Waals surface area contributed by atoms with Crippen molar-refractivity contribution in [1.82, 2.24) is 14.5 Å². The van der Waals surface area contributed by atoms with Crippen LogP contribution in [0.3, 0.4) is 0 Å². The average Bonchev–Trinajstić information content (AvgIpc) is 3.39. The Labute approximate surface area is 235 Å². The minimum Gasteiger partial charge on any atom is -0.495 e. The van der Waals surface area contributed by atoms with Crippen molar-refractivity contribution in [2.45, 2.75) is 44.9 Å². The molecule has 2 unspecified atom stereocenters. The van der Waals surface area contributed by atoms with Gasteiger partial charge in [0.25, 0.3) is 0 Å². The number of hydrogen-bond acceptors (Lipinski definition) is 7. The summed E-state index contributed by atoms with van der Waals surface area (Å²) in [6, 6.07) is 12.1. The minimum absolute atomic E-state index is 0.0244. The summed E-state index contributed by atoms with van der Waals surface area (Å²) in [6.45, 7) is 4.62. The van der Waals surface area contributed by atoms with Crippen molar-refractivity contribution in [3.8, 4) is 11.4 Å². The lowest BCUT2D eigenvalue weighted by atomic mass is 9.97. The predicted molar refractivity (Wildman–Crippen MR) is 146 cm³/mol. The van der Waals surface area contributed by atoms with Gasteiger partial charge in [-0.1, -0.05) is 18.2 Å². The first-order valence-electron chi connectivity index (χ1n) is 12.7. The van der Waals surface area contributed by atoms with Crippen LogP contribution in [0.5, 0.6) is 5.75 Å². The number of nitrogens with zero attached hydrogens (tertiary/aromatic N) is 3. The second kappa shape index (κ2) is 13.7. The molecule has 0 aliphatic carbocycles. The number of carbonyl (C=O) groups excluding carboxylic acids is 1. The van der Waals surface area contributed by atoms with Crippen molar-refractivity contribution < 1.29 is 43.9 Å². The lowest BCUT2D eigenvalue weighted by Gasteiger charge is -2.34. The van der Waals surface area contributed by atoms with Crippen LogP contribution in [-0.4, -0.2) is 78.6 Å². The summed E-state index contributed by atoms with van der Waals surface area (Å²) in [5.41, 5.74) is 4.44. The average molecular weight is 570 g/mol. The molecule has 2 heterocycles. The first-order chi connectivity index (χ1) is 19.4. The molecule has 3 aromatic rings.